The Hall–Kier alpha value is 0.390. The highest BCUT2D eigenvalue weighted by Gasteiger charge is 2.49. The van der Waals surface area contributed by atoms with Gasteiger partial charge < -0.3 is 9.84 Å². The third-order valence-electron chi connectivity index (χ3n) is 3.05. The summed E-state index contributed by atoms with van der Waals surface area (Å²) < 4.78 is 6.37. The van der Waals surface area contributed by atoms with E-state index in [0.29, 0.717) is 3.92 Å². The molecule has 0 spiro atoms. The number of rotatable bonds is 1. The fourth-order valence-electron chi connectivity index (χ4n) is 2.46. The van der Waals surface area contributed by atoms with E-state index < -0.39 is 0 Å². The molecule has 2 rings (SSSR count). The van der Waals surface area contributed by atoms with Gasteiger partial charge in [0.15, 0.2) is 0 Å². The number of fused-ring (bicyclic) bond motifs is 1. The second-order valence-electron chi connectivity index (χ2n) is 4.12. The van der Waals surface area contributed by atoms with Crippen LogP contribution in [0.15, 0.2) is 12.2 Å². The minimum absolute atomic E-state index is 0.0798. The molecule has 0 saturated carbocycles. The van der Waals surface area contributed by atoms with Gasteiger partial charge in [-0.3, -0.25) is 0 Å². The number of ether oxygens (including phenoxy) is 1. The minimum atomic E-state index is -0.0798. The lowest BCUT2D eigenvalue weighted by molar-refractivity contribution is 0.0132. The van der Waals surface area contributed by atoms with Crippen molar-refractivity contribution >= 4 is 22.6 Å². The van der Waals surface area contributed by atoms with Crippen LogP contribution in [0.1, 0.15) is 19.8 Å². The fourth-order valence-corrected chi connectivity index (χ4v) is 3.64. The van der Waals surface area contributed by atoms with Crippen LogP contribution in [0.2, 0.25) is 0 Å². The van der Waals surface area contributed by atoms with Crippen molar-refractivity contribution in [2.75, 3.05) is 6.61 Å². The van der Waals surface area contributed by atoms with Crippen molar-refractivity contribution in [3.05, 3.63) is 12.2 Å². The van der Waals surface area contributed by atoms with Gasteiger partial charge in [-0.2, -0.15) is 0 Å². The Morgan fingerprint density at radius 1 is 1.69 bits per heavy atom. The van der Waals surface area contributed by atoms with Gasteiger partial charge in [-0.15, -0.1) is 0 Å². The monoisotopic (exact) mass is 294 g/mol. The summed E-state index contributed by atoms with van der Waals surface area (Å²) in [5, 5.41) is 9.45. The zero-order valence-electron chi connectivity index (χ0n) is 7.74. The molecule has 1 N–H and O–H groups in total. The van der Waals surface area contributed by atoms with Crippen LogP contribution in [0.4, 0.5) is 0 Å². The van der Waals surface area contributed by atoms with Crippen LogP contribution >= 0.6 is 22.6 Å². The molecule has 0 unspecified atom stereocenters. The van der Waals surface area contributed by atoms with Crippen molar-refractivity contribution in [2.24, 2.45) is 5.41 Å². The number of aliphatic hydroxyl groups is 1. The number of allylic oxidation sites excluding steroid dienone is 1. The summed E-state index contributed by atoms with van der Waals surface area (Å²) in [6, 6.07) is 0. The van der Waals surface area contributed by atoms with Crippen LogP contribution in [-0.2, 0) is 4.74 Å². The summed E-state index contributed by atoms with van der Waals surface area (Å²) in [6.07, 6.45) is 6.89. The molecule has 1 heterocycles. The number of halogens is 1. The van der Waals surface area contributed by atoms with Crippen molar-refractivity contribution in [2.45, 2.75) is 35.9 Å². The Bertz CT molecular complexity index is 229. The molecule has 1 aliphatic heterocycles. The maximum Gasteiger partial charge on any atom is 0.0812 e. The largest absolute Gasteiger partial charge is 0.395 e. The molecule has 1 fully saturated rings. The molecule has 0 radical (unpaired) electrons. The lowest BCUT2D eigenvalue weighted by Gasteiger charge is -2.35. The minimum Gasteiger partial charge on any atom is -0.395 e. The van der Waals surface area contributed by atoms with Crippen LogP contribution in [0.25, 0.3) is 0 Å². The summed E-state index contributed by atoms with van der Waals surface area (Å²) in [5.74, 6) is 0. The highest BCUT2D eigenvalue weighted by molar-refractivity contribution is 14.1. The van der Waals surface area contributed by atoms with Gasteiger partial charge in [0.2, 0.25) is 0 Å². The molecule has 0 aromatic rings. The maximum atomic E-state index is 9.45. The molecule has 13 heavy (non-hydrogen) atoms. The Morgan fingerprint density at radius 3 is 3.08 bits per heavy atom. The summed E-state index contributed by atoms with van der Waals surface area (Å²) >= 11 is 2.43. The molecule has 1 saturated heterocycles. The van der Waals surface area contributed by atoms with Crippen molar-refractivity contribution in [1.82, 2.24) is 0 Å². The summed E-state index contributed by atoms with van der Waals surface area (Å²) in [6.45, 7) is 2.31. The SMILES string of the molecule is C[C@H]1C[C@]2(CO)C=CC[C@@H](I)[C@@H]2O1. The second-order valence-corrected chi connectivity index (χ2v) is 5.72. The number of hydrogen-bond acceptors (Lipinski definition) is 2. The lowest BCUT2D eigenvalue weighted by Crippen LogP contribution is -2.41. The van der Waals surface area contributed by atoms with Gasteiger partial charge in [0.25, 0.3) is 0 Å². The Kier molecular flexibility index (Phi) is 2.68. The van der Waals surface area contributed by atoms with Crippen LogP contribution in [0, 0.1) is 5.41 Å². The van der Waals surface area contributed by atoms with Gasteiger partial charge in [0.05, 0.1) is 18.8 Å². The summed E-state index contributed by atoms with van der Waals surface area (Å²) in [4.78, 5) is 0. The van der Waals surface area contributed by atoms with Crippen LogP contribution in [0.3, 0.4) is 0 Å². The lowest BCUT2D eigenvalue weighted by atomic mass is 9.76. The molecule has 0 aromatic heterocycles. The summed E-state index contributed by atoms with van der Waals surface area (Å²) in [5.41, 5.74) is -0.0798. The molecule has 2 aliphatic rings. The quantitative estimate of drug-likeness (QED) is 0.455. The normalized spacial score (nSPS) is 49.3. The Balaban J connectivity index is 2.28. The average molecular weight is 294 g/mol. The Morgan fingerprint density at radius 2 is 2.46 bits per heavy atom. The number of aliphatic hydroxyl groups excluding tert-OH is 1. The first-order chi connectivity index (χ1) is 6.18. The average Bonchev–Trinajstić information content (AvgIpc) is 2.44. The molecule has 74 valence electrons. The third kappa shape index (κ3) is 1.55. The predicted molar refractivity (Wildman–Crippen MR) is 60.0 cm³/mol. The first-order valence-corrected chi connectivity index (χ1v) is 6.00. The van der Waals surface area contributed by atoms with Gasteiger partial charge in [-0.25, -0.2) is 0 Å². The van der Waals surface area contributed by atoms with Crippen LogP contribution in [-0.4, -0.2) is 27.8 Å². The highest BCUT2D eigenvalue weighted by atomic mass is 127. The van der Waals surface area contributed by atoms with E-state index in [4.69, 9.17) is 4.74 Å². The predicted octanol–water partition coefficient (Wildman–Crippen LogP) is 1.91. The van der Waals surface area contributed by atoms with Gasteiger partial charge in [0, 0.05) is 9.34 Å². The molecule has 0 amide bonds. The Labute approximate surface area is 92.5 Å². The van der Waals surface area contributed by atoms with E-state index in [2.05, 4.69) is 41.7 Å². The first-order valence-electron chi connectivity index (χ1n) is 4.76. The molecule has 0 bridgehead atoms. The van der Waals surface area contributed by atoms with Crippen molar-refractivity contribution in [1.29, 1.82) is 0 Å². The molecular weight excluding hydrogens is 279 g/mol. The first kappa shape index (κ1) is 9.93. The molecule has 0 aromatic carbocycles. The molecule has 3 heteroatoms. The molecular formula is C10H15IO2. The van der Waals surface area contributed by atoms with Crippen molar-refractivity contribution in [3.63, 3.8) is 0 Å². The molecule has 1 aliphatic carbocycles. The molecule has 2 nitrogen and oxygen atoms in total. The zero-order chi connectivity index (χ0) is 9.47. The van der Waals surface area contributed by atoms with E-state index in [1.165, 1.54) is 0 Å². The van der Waals surface area contributed by atoms with E-state index in [1.807, 2.05) is 0 Å². The maximum absolute atomic E-state index is 9.45. The number of hydrogen-bond donors (Lipinski definition) is 1. The van der Waals surface area contributed by atoms with Crippen LogP contribution in [0.5, 0.6) is 0 Å². The van der Waals surface area contributed by atoms with Gasteiger partial charge in [-0.1, -0.05) is 34.7 Å². The second kappa shape index (κ2) is 3.51. The number of alkyl halides is 1. The summed E-state index contributed by atoms with van der Waals surface area (Å²) in [7, 11) is 0. The van der Waals surface area contributed by atoms with Crippen molar-refractivity contribution in [3.8, 4) is 0 Å². The van der Waals surface area contributed by atoms with E-state index in [9.17, 15) is 5.11 Å². The third-order valence-corrected chi connectivity index (χ3v) is 4.21. The topological polar surface area (TPSA) is 29.5 Å². The van der Waals surface area contributed by atoms with Crippen molar-refractivity contribution < 1.29 is 9.84 Å². The van der Waals surface area contributed by atoms with Gasteiger partial charge in [-0.05, 0) is 19.8 Å². The molecule has 4 atom stereocenters. The zero-order valence-corrected chi connectivity index (χ0v) is 9.90. The van der Waals surface area contributed by atoms with Gasteiger partial charge >= 0.3 is 0 Å². The smallest absolute Gasteiger partial charge is 0.0812 e. The standard InChI is InChI=1S/C10H15IO2/c1-7-5-10(6-12)4-2-3-8(11)9(10)13-7/h2,4,7-9,12H,3,5-6H2,1H3/t7-,8+,9-,10-/m0/s1. The van der Waals surface area contributed by atoms with Gasteiger partial charge in [0.1, 0.15) is 0 Å². The van der Waals surface area contributed by atoms with E-state index in [1.54, 1.807) is 0 Å². The van der Waals surface area contributed by atoms with E-state index in [-0.39, 0.29) is 24.2 Å². The highest BCUT2D eigenvalue weighted by Crippen LogP contribution is 2.46. The van der Waals surface area contributed by atoms with E-state index in [0.717, 1.165) is 12.8 Å². The van der Waals surface area contributed by atoms with Crippen LogP contribution < -0.4 is 0 Å². The fraction of sp³-hybridized carbons (Fsp3) is 0.800. The van der Waals surface area contributed by atoms with E-state index >= 15 is 0 Å².